The zero-order valence-electron chi connectivity index (χ0n) is 14.2. The van der Waals surface area contributed by atoms with Gasteiger partial charge in [-0.05, 0) is 37.7 Å². The Hall–Kier alpha value is -1.25. The summed E-state index contributed by atoms with van der Waals surface area (Å²) in [5.74, 6) is 1.94. The van der Waals surface area contributed by atoms with Gasteiger partial charge in [0, 0.05) is 31.9 Å². The Bertz CT molecular complexity index is 639. The molecule has 1 aliphatic heterocycles. The van der Waals surface area contributed by atoms with Crippen LogP contribution in [-0.4, -0.2) is 52.1 Å². The van der Waals surface area contributed by atoms with Crippen molar-refractivity contribution in [1.82, 2.24) is 15.4 Å². The van der Waals surface area contributed by atoms with Gasteiger partial charge in [0.05, 0.1) is 4.90 Å². The molecule has 0 spiro atoms. The van der Waals surface area contributed by atoms with E-state index in [1.54, 1.807) is 31.3 Å². The second kappa shape index (κ2) is 9.29. The van der Waals surface area contributed by atoms with Gasteiger partial charge in [0.1, 0.15) is 0 Å². The molecule has 1 saturated heterocycles. The quantitative estimate of drug-likeness (QED) is 0.383. The van der Waals surface area contributed by atoms with Crippen LogP contribution in [0.4, 0.5) is 0 Å². The predicted molar refractivity (Wildman–Crippen MR) is 101 cm³/mol. The highest BCUT2D eigenvalue weighted by Gasteiger charge is 2.16. The Morgan fingerprint density at radius 3 is 2.62 bits per heavy atom. The number of hydrogen-bond acceptors (Lipinski definition) is 4. The average Bonchev–Trinajstić information content (AvgIpc) is 3.08. The zero-order valence-corrected chi connectivity index (χ0v) is 15.8. The number of nitrogens with one attached hydrogen (secondary N) is 3. The fourth-order valence-corrected chi connectivity index (χ4v) is 4.64. The number of benzene rings is 1. The van der Waals surface area contributed by atoms with Crippen LogP contribution in [0.25, 0.3) is 0 Å². The third kappa shape index (κ3) is 5.99. The van der Waals surface area contributed by atoms with Crippen molar-refractivity contribution in [3.63, 3.8) is 0 Å². The number of hydrogen-bond donors (Lipinski definition) is 3. The summed E-state index contributed by atoms with van der Waals surface area (Å²) >= 11 is 1.99. The Balaban J connectivity index is 1.71. The highest BCUT2D eigenvalue weighted by molar-refractivity contribution is 8.00. The van der Waals surface area contributed by atoms with Crippen LogP contribution in [0.5, 0.6) is 0 Å². The first-order chi connectivity index (χ1) is 11.5. The van der Waals surface area contributed by atoms with Gasteiger partial charge < -0.3 is 10.6 Å². The predicted octanol–water partition coefficient (Wildman–Crippen LogP) is 1.33. The molecule has 2 rings (SSSR count). The second-order valence-corrected chi connectivity index (χ2v) is 8.90. The molecule has 1 fully saturated rings. The van der Waals surface area contributed by atoms with Crippen molar-refractivity contribution in [2.45, 2.75) is 29.9 Å². The molecule has 1 atom stereocenters. The van der Waals surface area contributed by atoms with Crippen LogP contribution in [0.1, 0.15) is 18.4 Å². The number of nitrogens with zero attached hydrogens (tertiary/aromatic N) is 1. The summed E-state index contributed by atoms with van der Waals surface area (Å²) in [4.78, 5) is 4.44. The van der Waals surface area contributed by atoms with Gasteiger partial charge >= 0.3 is 0 Å². The third-order valence-electron chi connectivity index (χ3n) is 3.79. The minimum absolute atomic E-state index is 0.286. The van der Waals surface area contributed by atoms with E-state index in [0.29, 0.717) is 24.3 Å². The van der Waals surface area contributed by atoms with E-state index >= 15 is 0 Å². The molecule has 0 bridgehead atoms. The normalized spacial score (nSPS) is 18.6. The minimum Gasteiger partial charge on any atom is -0.355 e. The first kappa shape index (κ1) is 19.1. The van der Waals surface area contributed by atoms with Gasteiger partial charge in [0.2, 0.25) is 10.0 Å². The maximum Gasteiger partial charge on any atom is 0.240 e. The first-order valence-electron chi connectivity index (χ1n) is 8.14. The lowest BCUT2D eigenvalue weighted by Crippen LogP contribution is -2.43. The lowest BCUT2D eigenvalue weighted by molar-refractivity contribution is 0.580. The molecular formula is C16H26N4O2S2. The summed E-state index contributed by atoms with van der Waals surface area (Å²) in [7, 11) is -1.74. The fourth-order valence-electron chi connectivity index (χ4n) is 2.40. The van der Waals surface area contributed by atoms with Gasteiger partial charge in [0.25, 0.3) is 0 Å². The number of rotatable bonds is 7. The van der Waals surface area contributed by atoms with Crippen molar-refractivity contribution in [1.29, 1.82) is 0 Å². The van der Waals surface area contributed by atoms with E-state index in [9.17, 15) is 8.42 Å². The van der Waals surface area contributed by atoms with Gasteiger partial charge in [-0.3, -0.25) is 4.99 Å². The third-order valence-corrected chi connectivity index (χ3v) is 6.66. The van der Waals surface area contributed by atoms with Crippen molar-refractivity contribution < 1.29 is 8.42 Å². The van der Waals surface area contributed by atoms with Crippen molar-refractivity contribution in [2.24, 2.45) is 4.99 Å². The van der Waals surface area contributed by atoms with Gasteiger partial charge in [-0.15, -0.1) is 0 Å². The van der Waals surface area contributed by atoms with E-state index in [2.05, 4.69) is 20.3 Å². The molecule has 8 heteroatoms. The smallest absolute Gasteiger partial charge is 0.240 e. The van der Waals surface area contributed by atoms with Crippen LogP contribution < -0.4 is 15.4 Å². The van der Waals surface area contributed by atoms with Crippen molar-refractivity contribution >= 4 is 27.7 Å². The molecule has 0 aromatic heterocycles. The molecule has 1 aromatic carbocycles. The van der Waals surface area contributed by atoms with Crippen LogP contribution in [-0.2, 0) is 10.0 Å². The molecule has 1 unspecified atom stereocenters. The maximum absolute atomic E-state index is 12.2. The molecule has 0 amide bonds. The SMILES string of the molecule is CN=C(NCCNS(=O)(=O)c1ccc(C)cc1)NCC1CCCS1. The Labute approximate surface area is 149 Å². The minimum atomic E-state index is -3.46. The molecule has 0 radical (unpaired) electrons. The molecular weight excluding hydrogens is 344 g/mol. The highest BCUT2D eigenvalue weighted by atomic mass is 32.2. The fraction of sp³-hybridized carbons (Fsp3) is 0.562. The largest absolute Gasteiger partial charge is 0.355 e. The monoisotopic (exact) mass is 370 g/mol. The first-order valence-corrected chi connectivity index (χ1v) is 10.7. The van der Waals surface area contributed by atoms with Crippen LogP contribution >= 0.6 is 11.8 Å². The molecule has 3 N–H and O–H groups in total. The summed E-state index contributed by atoms with van der Waals surface area (Å²) in [5.41, 5.74) is 1.03. The van der Waals surface area contributed by atoms with Crippen LogP contribution in [0.15, 0.2) is 34.2 Å². The summed E-state index contributed by atoms with van der Waals surface area (Å²) in [6.45, 7) is 3.59. The van der Waals surface area contributed by atoms with Crippen molar-refractivity contribution in [3.8, 4) is 0 Å². The summed E-state index contributed by atoms with van der Waals surface area (Å²) in [6, 6.07) is 6.81. The number of aliphatic imine (C=N–C) groups is 1. The molecule has 1 aromatic rings. The van der Waals surface area contributed by atoms with E-state index in [-0.39, 0.29) is 4.90 Å². The Morgan fingerprint density at radius 2 is 2.00 bits per heavy atom. The lowest BCUT2D eigenvalue weighted by Gasteiger charge is -2.15. The summed E-state index contributed by atoms with van der Waals surface area (Å²) in [5, 5.41) is 7.06. The van der Waals surface area contributed by atoms with E-state index in [1.807, 2.05) is 18.7 Å². The van der Waals surface area contributed by atoms with Crippen LogP contribution in [0.2, 0.25) is 0 Å². The Morgan fingerprint density at radius 1 is 1.25 bits per heavy atom. The van der Waals surface area contributed by atoms with Gasteiger partial charge in [-0.1, -0.05) is 17.7 Å². The maximum atomic E-state index is 12.2. The summed E-state index contributed by atoms with van der Waals surface area (Å²) < 4.78 is 26.9. The number of thioether (sulfide) groups is 1. The number of sulfonamides is 1. The van der Waals surface area contributed by atoms with Gasteiger partial charge in [0.15, 0.2) is 5.96 Å². The van der Waals surface area contributed by atoms with E-state index < -0.39 is 10.0 Å². The van der Waals surface area contributed by atoms with Crippen LogP contribution in [0, 0.1) is 6.92 Å². The average molecular weight is 371 g/mol. The standard InChI is InChI=1S/C16H26N4O2S2/c1-13-5-7-15(8-6-13)24(21,22)20-10-9-18-16(17-2)19-12-14-4-3-11-23-14/h5-8,14,20H,3-4,9-12H2,1-2H3,(H2,17,18,19). The summed E-state index contributed by atoms with van der Waals surface area (Å²) in [6.07, 6.45) is 2.52. The Kier molecular flexibility index (Phi) is 7.39. The molecule has 0 saturated carbocycles. The number of guanidine groups is 1. The molecule has 24 heavy (non-hydrogen) atoms. The molecule has 1 heterocycles. The van der Waals surface area contributed by atoms with Gasteiger partial charge in [-0.2, -0.15) is 11.8 Å². The van der Waals surface area contributed by atoms with E-state index in [1.165, 1.54) is 18.6 Å². The molecule has 0 aliphatic carbocycles. The topological polar surface area (TPSA) is 82.6 Å². The van der Waals surface area contributed by atoms with E-state index in [4.69, 9.17) is 0 Å². The van der Waals surface area contributed by atoms with Crippen molar-refractivity contribution in [3.05, 3.63) is 29.8 Å². The number of aryl methyl sites for hydroxylation is 1. The van der Waals surface area contributed by atoms with Gasteiger partial charge in [-0.25, -0.2) is 13.1 Å². The lowest BCUT2D eigenvalue weighted by atomic mass is 10.2. The van der Waals surface area contributed by atoms with Crippen LogP contribution in [0.3, 0.4) is 0 Å². The van der Waals surface area contributed by atoms with Crippen molar-refractivity contribution in [2.75, 3.05) is 32.4 Å². The molecule has 6 nitrogen and oxygen atoms in total. The highest BCUT2D eigenvalue weighted by Crippen LogP contribution is 2.25. The zero-order chi connectivity index (χ0) is 17.4. The molecule has 134 valence electrons. The molecule has 1 aliphatic rings. The van der Waals surface area contributed by atoms with E-state index in [0.717, 1.165) is 12.1 Å². The second-order valence-electron chi connectivity index (χ2n) is 5.73.